The number of hydrogen-bond acceptors (Lipinski definition) is 5. The van der Waals surface area contributed by atoms with Gasteiger partial charge in [0, 0.05) is 13.0 Å². The van der Waals surface area contributed by atoms with Crippen molar-refractivity contribution in [2.75, 3.05) is 31.8 Å². The molecule has 1 amide bonds. The summed E-state index contributed by atoms with van der Waals surface area (Å²) in [5, 5.41) is 0. The number of amides is 1. The standard InChI is InChI=1S/C13H15NO5/c1-9(15)18-6-5-14-11-4-3-10(17-2)7-12(11)19-8-13(14)16/h3-4,7H,5-6,8H2,1-2H3. The molecule has 0 spiro atoms. The summed E-state index contributed by atoms with van der Waals surface area (Å²) >= 11 is 0. The molecule has 2 rings (SSSR count). The average Bonchev–Trinajstić information content (AvgIpc) is 2.40. The molecule has 0 fully saturated rings. The van der Waals surface area contributed by atoms with Crippen LogP contribution in [0.15, 0.2) is 18.2 Å². The Bertz CT molecular complexity index is 500. The van der Waals surface area contributed by atoms with Crippen LogP contribution < -0.4 is 14.4 Å². The molecule has 0 unspecified atom stereocenters. The smallest absolute Gasteiger partial charge is 0.302 e. The fourth-order valence-corrected chi connectivity index (χ4v) is 1.84. The Morgan fingerprint density at radius 2 is 2.26 bits per heavy atom. The first-order chi connectivity index (χ1) is 9.11. The second-order valence-electron chi connectivity index (χ2n) is 4.01. The van der Waals surface area contributed by atoms with Gasteiger partial charge in [0.15, 0.2) is 6.61 Å². The van der Waals surface area contributed by atoms with Crippen LogP contribution >= 0.6 is 0 Å². The quantitative estimate of drug-likeness (QED) is 0.759. The summed E-state index contributed by atoms with van der Waals surface area (Å²) in [6, 6.07) is 5.22. The van der Waals surface area contributed by atoms with E-state index in [-0.39, 0.29) is 25.1 Å². The number of carbonyl (C=O) groups excluding carboxylic acids is 2. The zero-order valence-electron chi connectivity index (χ0n) is 10.8. The predicted molar refractivity (Wildman–Crippen MR) is 67.5 cm³/mol. The van der Waals surface area contributed by atoms with Crippen molar-refractivity contribution in [2.45, 2.75) is 6.92 Å². The van der Waals surface area contributed by atoms with Crippen molar-refractivity contribution in [3.63, 3.8) is 0 Å². The highest BCUT2D eigenvalue weighted by Crippen LogP contribution is 2.34. The number of hydrogen-bond donors (Lipinski definition) is 0. The highest BCUT2D eigenvalue weighted by atomic mass is 16.5. The van der Waals surface area contributed by atoms with Crippen LogP contribution in [0.25, 0.3) is 0 Å². The third-order valence-electron chi connectivity index (χ3n) is 2.73. The Morgan fingerprint density at radius 1 is 1.47 bits per heavy atom. The van der Waals surface area contributed by atoms with Crippen LogP contribution in [0.4, 0.5) is 5.69 Å². The summed E-state index contributed by atoms with van der Waals surface area (Å²) in [5.74, 6) is 0.718. The molecule has 0 saturated heterocycles. The van der Waals surface area contributed by atoms with Gasteiger partial charge in [0.2, 0.25) is 0 Å². The number of anilines is 1. The van der Waals surface area contributed by atoms with E-state index in [0.717, 1.165) is 0 Å². The number of nitrogens with zero attached hydrogens (tertiary/aromatic N) is 1. The summed E-state index contributed by atoms with van der Waals surface area (Å²) in [6.07, 6.45) is 0. The Balaban J connectivity index is 2.15. The topological polar surface area (TPSA) is 65.1 Å². The van der Waals surface area contributed by atoms with Gasteiger partial charge in [-0.1, -0.05) is 0 Å². The number of fused-ring (bicyclic) bond motifs is 1. The molecule has 6 heteroatoms. The molecule has 0 aliphatic carbocycles. The van der Waals surface area contributed by atoms with Gasteiger partial charge >= 0.3 is 5.97 Å². The minimum atomic E-state index is -0.365. The molecule has 6 nitrogen and oxygen atoms in total. The largest absolute Gasteiger partial charge is 0.497 e. The van der Waals surface area contributed by atoms with E-state index in [9.17, 15) is 9.59 Å². The first-order valence-corrected chi connectivity index (χ1v) is 5.86. The van der Waals surface area contributed by atoms with Crippen molar-refractivity contribution in [1.29, 1.82) is 0 Å². The molecule has 0 saturated carbocycles. The van der Waals surface area contributed by atoms with Crippen molar-refractivity contribution < 1.29 is 23.8 Å². The fraction of sp³-hybridized carbons (Fsp3) is 0.385. The maximum Gasteiger partial charge on any atom is 0.302 e. The maximum absolute atomic E-state index is 11.8. The van der Waals surface area contributed by atoms with Crippen LogP contribution in [0.3, 0.4) is 0 Å². The lowest BCUT2D eigenvalue weighted by molar-refractivity contribution is -0.141. The highest BCUT2D eigenvalue weighted by molar-refractivity contribution is 5.98. The van der Waals surface area contributed by atoms with Gasteiger partial charge in [-0.15, -0.1) is 0 Å². The molecule has 0 aromatic heterocycles. The minimum absolute atomic E-state index is 0.0275. The predicted octanol–water partition coefficient (Wildman–Crippen LogP) is 0.984. The van der Waals surface area contributed by atoms with Crippen molar-refractivity contribution in [3.8, 4) is 11.5 Å². The van der Waals surface area contributed by atoms with Crippen LogP contribution in [-0.4, -0.2) is 38.7 Å². The molecule has 1 aromatic rings. The van der Waals surface area contributed by atoms with Crippen LogP contribution in [0.1, 0.15) is 6.92 Å². The lowest BCUT2D eigenvalue weighted by Gasteiger charge is -2.29. The summed E-state index contributed by atoms with van der Waals surface area (Å²) in [6.45, 7) is 1.77. The highest BCUT2D eigenvalue weighted by Gasteiger charge is 2.25. The Labute approximate surface area is 110 Å². The minimum Gasteiger partial charge on any atom is -0.497 e. The van der Waals surface area contributed by atoms with E-state index in [0.29, 0.717) is 23.7 Å². The van der Waals surface area contributed by atoms with Crippen molar-refractivity contribution in [3.05, 3.63) is 18.2 Å². The molecule has 0 bridgehead atoms. The summed E-state index contributed by atoms with van der Waals surface area (Å²) < 4.78 is 15.3. The van der Waals surface area contributed by atoms with E-state index in [1.807, 2.05) is 0 Å². The number of benzene rings is 1. The van der Waals surface area contributed by atoms with Crippen molar-refractivity contribution in [1.82, 2.24) is 0 Å². The molecule has 102 valence electrons. The molecule has 0 atom stereocenters. The van der Waals surface area contributed by atoms with Gasteiger partial charge in [-0.05, 0) is 12.1 Å². The van der Waals surface area contributed by atoms with E-state index < -0.39 is 0 Å². The molecule has 1 heterocycles. The van der Waals surface area contributed by atoms with E-state index in [1.54, 1.807) is 30.2 Å². The zero-order chi connectivity index (χ0) is 13.8. The number of rotatable bonds is 4. The van der Waals surface area contributed by atoms with E-state index >= 15 is 0 Å². The number of carbonyl (C=O) groups is 2. The molecule has 19 heavy (non-hydrogen) atoms. The molecule has 1 aliphatic heterocycles. The molecular weight excluding hydrogens is 250 g/mol. The number of methoxy groups -OCH3 is 1. The van der Waals surface area contributed by atoms with Crippen molar-refractivity contribution in [2.24, 2.45) is 0 Å². The van der Waals surface area contributed by atoms with Crippen molar-refractivity contribution >= 4 is 17.6 Å². The van der Waals surface area contributed by atoms with Gasteiger partial charge in [-0.2, -0.15) is 0 Å². The monoisotopic (exact) mass is 265 g/mol. The first-order valence-electron chi connectivity index (χ1n) is 5.86. The summed E-state index contributed by atoms with van der Waals surface area (Å²) in [7, 11) is 1.56. The molecule has 0 radical (unpaired) electrons. The van der Waals surface area contributed by atoms with E-state index in [1.165, 1.54) is 6.92 Å². The second-order valence-corrected chi connectivity index (χ2v) is 4.01. The lowest BCUT2D eigenvalue weighted by Crippen LogP contribution is -2.40. The van der Waals surface area contributed by atoms with Gasteiger partial charge in [0.1, 0.15) is 18.1 Å². The molecule has 0 N–H and O–H groups in total. The zero-order valence-corrected chi connectivity index (χ0v) is 10.8. The molecular formula is C13H15NO5. The van der Waals surface area contributed by atoms with Gasteiger partial charge in [-0.3, -0.25) is 9.59 Å². The number of ether oxygens (including phenoxy) is 3. The Hall–Kier alpha value is -2.24. The SMILES string of the molecule is COc1ccc2c(c1)OCC(=O)N2CCOC(C)=O. The average molecular weight is 265 g/mol. The lowest BCUT2D eigenvalue weighted by atomic mass is 10.2. The molecule has 1 aliphatic rings. The van der Waals surface area contributed by atoms with Gasteiger partial charge < -0.3 is 19.1 Å². The van der Waals surface area contributed by atoms with Gasteiger partial charge in [0.25, 0.3) is 5.91 Å². The van der Waals surface area contributed by atoms with Crippen LogP contribution in [-0.2, 0) is 14.3 Å². The Kier molecular flexibility index (Phi) is 3.89. The van der Waals surface area contributed by atoms with Crippen LogP contribution in [0.5, 0.6) is 11.5 Å². The van der Waals surface area contributed by atoms with E-state index in [2.05, 4.69) is 0 Å². The number of esters is 1. The van der Waals surface area contributed by atoms with Crippen LogP contribution in [0, 0.1) is 0 Å². The Morgan fingerprint density at radius 3 is 2.95 bits per heavy atom. The van der Waals surface area contributed by atoms with Crippen LogP contribution in [0.2, 0.25) is 0 Å². The normalized spacial score (nSPS) is 13.6. The third-order valence-corrected chi connectivity index (χ3v) is 2.73. The van der Waals surface area contributed by atoms with Gasteiger partial charge in [-0.25, -0.2) is 0 Å². The molecule has 1 aromatic carbocycles. The third kappa shape index (κ3) is 2.96. The summed E-state index contributed by atoms with van der Waals surface area (Å²) in [5.41, 5.74) is 0.657. The maximum atomic E-state index is 11.8. The fourth-order valence-electron chi connectivity index (χ4n) is 1.84. The van der Waals surface area contributed by atoms with Gasteiger partial charge in [0.05, 0.1) is 19.3 Å². The first kappa shape index (κ1) is 13.2. The second kappa shape index (κ2) is 5.60. The summed E-state index contributed by atoms with van der Waals surface area (Å²) in [4.78, 5) is 24.1. The van der Waals surface area contributed by atoms with E-state index in [4.69, 9.17) is 14.2 Å².